The molecule has 0 heterocycles. The fourth-order valence-electron chi connectivity index (χ4n) is 5.89. The van der Waals surface area contributed by atoms with Crippen LogP contribution in [0.5, 0.6) is 0 Å². The maximum atomic E-state index is 16.8. The summed E-state index contributed by atoms with van der Waals surface area (Å²) in [5.74, 6) is -2.51. The lowest BCUT2D eigenvalue weighted by Gasteiger charge is -2.54. The van der Waals surface area contributed by atoms with Gasteiger partial charge >= 0.3 is 0 Å². The van der Waals surface area contributed by atoms with Gasteiger partial charge in [0, 0.05) is 5.41 Å². The third-order valence-corrected chi connectivity index (χ3v) is 7.82. The molecule has 28 heavy (non-hydrogen) atoms. The minimum absolute atomic E-state index is 0.107. The molecule has 3 N–H and O–H groups in total. The molecule has 3 aliphatic rings. The maximum Gasteiger partial charge on any atom is 0.190 e. The van der Waals surface area contributed by atoms with Crippen LogP contribution in [0.2, 0.25) is 0 Å². The van der Waals surface area contributed by atoms with Gasteiger partial charge < -0.3 is 15.3 Å². The summed E-state index contributed by atoms with van der Waals surface area (Å²) in [5.41, 5.74) is -4.22. The van der Waals surface area contributed by atoms with E-state index in [4.69, 9.17) is 0 Å². The molecule has 7 atom stereocenters. The number of Topliss-reactive ketones (excluding diaryl/α,β-unsaturated/α-hetero) is 1. The van der Waals surface area contributed by atoms with Gasteiger partial charge in [0.2, 0.25) is 0 Å². The highest BCUT2D eigenvalue weighted by Crippen LogP contribution is 2.59. The molecule has 0 spiro atoms. The Morgan fingerprint density at radius 3 is 2.57 bits per heavy atom. The third-order valence-electron chi connectivity index (χ3n) is 7.82. The molecule has 0 aromatic carbocycles. The van der Waals surface area contributed by atoms with Crippen molar-refractivity contribution >= 4 is 11.6 Å². The summed E-state index contributed by atoms with van der Waals surface area (Å²) in [6.07, 6.45) is 4.81. The SMILES string of the molecule is CC1CCC2CCC3=CC(=O)C=CC3(C)C2(F)C(O)CC(C)C1(O)C(=O)CO. The average molecular weight is 394 g/mol. The number of carbonyl (C=O) groups excluding carboxylic acids is 2. The van der Waals surface area contributed by atoms with Gasteiger partial charge in [-0.3, -0.25) is 9.59 Å². The lowest BCUT2D eigenvalue weighted by Crippen LogP contribution is -2.60. The van der Waals surface area contributed by atoms with Crippen LogP contribution in [-0.4, -0.2) is 50.9 Å². The van der Waals surface area contributed by atoms with Crippen molar-refractivity contribution in [3.8, 4) is 0 Å². The minimum atomic E-state index is -2.00. The quantitative estimate of drug-likeness (QED) is 0.668. The van der Waals surface area contributed by atoms with Gasteiger partial charge in [0.1, 0.15) is 12.2 Å². The molecule has 0 aromatic rings. The molecule has 2 fully saturated rings. The predicted molar refractivity (Wildman–Crippen MR) is 102 cm³/mol. The van der Waals surface area contributed by atoms with Crippen molar-refractivity contribution in [2.75, 3.05) is 6.61 Å². The Labute approximate surface area is 165 Å². The highest BCUT2D eigenvalue weighted by atomic mass is 19.1. The third kappa shape index (κ3) is 2.84. The molecule has 0 aliphatic heterocycles. The van der Waals surface area contributed by atoms with Crippen LogP contribution in [0.15, 0.2) is 23.8 Å². The molecule has 0 aromatic heterocycles. The first-order valence-electron chi connectivity index (χ1n) is 10.2. The van der Waals surface area contributed by atoms with Gasteiger partial charge in [0.05, 0.1) is 6.10 Å². The summed E-state index contributed by atoms with van der Waals surface area (Å²) >= 11 is 0. The zero-order valence-electron chi connectivity index (χ0n) is 16.8. The Kier molecular flexibility index (Phi) is 5.45. The van der Waals surface area contributed by atoms with E-state index in [0.717, 1.165) is 0 Å². The number of halogens is 1. The highest BCUT2D eigenvalue weighted by Gasteiger charge is 2.63. The predicted octanol–water partition coefficient (Wildman–Crippen LogP) is 2.29. The van der Waals surface area contributed by atoms with Crippen molar-refractivity contribution in [2.24, 2.45) is 23.2 Å². The molecule has 2 saturated carbocycles. The van der Waals surface area contributed by atoms with Crippen LogP contribution in [-0.2, 0) is 9.59 Å². The number of allylic oxidation sites excluding steroid dienone is 4. The van der Waals surface area contributed by atoms with Crippen LogP contribution in [0.25, 0.3) is 0 Å². The van der Waals surface area contributed by atoms with Gasteiger partial charge in [0.25, 0.3) is 0 Å². The first-order chi connectivity index (χ1) is 13.0. The number of hydrogen-bond acceptors (Lipinski definition) is 5. The van der Waals surface area contributed by atoms with E-state index in [9.17, 15) is 24.9 Å². The van der Waals surface area contributed by atoms with Crippen molar-refractivity contribution in [3.05, 3.63) is 23.8 Å². The average Bonchev–Trinajstić information content (AvgIpc) is 2.68. The van der Waals surface area contributed by atoms with Gasteiger partial charge in [0.15, 0.2) is 17.2 Å². The number of aliphatic hydroxyl groups excluding tert-OH is 2. The van der Waals surface area contributed by atoms with Gasteiger partial charge in [-0.15, -0.1) is 0 Å². The highest BCUT2D eigenvalue weighted by molar-refractivity contribution is 6.01. The molecule has 156 valence electrons. The zero-order valence-corrected chi connectivity index (χ0v) is 16.8. The van der Waals surface area contributed by atoms with E-state index < -0.39 is 52.9 Å². The topological polar surface area (TPSA) is 94.8 Å². The molecule has 0 radical (unpaired) electrons. The lowest BCUT2D eigenvalue weighted by atomic mass is 9.53. The number of carbonyl (C=O) groups is 2. The summed E-state index contributed by atoms with van der Waals surface area (Å²) in [5, 5.41) is 31.6. The second-order valence-corrected chi connectivity index (χ2v) is 9.15. The molecule has 7 unspecified atom stereocenters. The summed E-state index contributed by atoms with van der Waals surface area (Å²) in [4.78, 5) is 24.2. The van der Waals surface area contributed by atoms with E-state index >= 15 is 4.39 Å². The fraction of sp³-hybridized carbons (Fsp3) is 0.727. The normalized spacial score (nSPS) is 46.5. The van der Waals surface area contributed by atoms with Crippen molar-refractivity contribution in [3.63, 3.8) is 0 Å². The summed E-state index contributed by atoms with van der Waals surface area (Å²) in [7, 11) is 0. The number of hydrogen-bond donors (Lipinski definition) is 3. The Balaban J connectivity index is 2.07. The van der Waals surface area contributed by atoms with Gasteiger partial charge in [-0.1, -0.05) is 25.5 Å². The molecule has 0 saturated heterocycles. The van der Waals surface area contributed by atoms with E-state index in [0.29, 0.717) is 31.3 Å². The van der Waals surface area contributed by atoms with Crippen molar-refractivity contribution in [1.82, 2.24) is 0 Å². The van der Waals surface area contributed by atoms with E-state index in [1.165, 1.54) is 12.2 Å². The number of alkyl halides is 1. The lowest BCUT2D eigenvalue weighted by molar-refractivity contribution is -0.158. The first kappa shape index (κ1) is 21.3. The second kappa shape index (κ2) is 7.15. The van der Waals surface area contributed by atoms with E-state index in [1.54, 1.807) is 26.8 Å². The Bertz CT molecular complexity index is 730. The van der Waals surface area contributed by atoms with E-state index in [1.807, 2.05) is 0 Å². The van der Waals surface area contributed by atoms with Crippen LogP contribution in [0.3, 0.4) is 0 Å². The van der Waals surface area contributed by atoms with Gasteiger partial charge in [-0.25, -0.2) is 4.39 Å². The monoisotopic (exact) mass is 394 g/mol. The Hall–Kier alpha value is -1.37. The molecule has 5 nitrogen and oxygen atoms in total. The van der Waals surface area contributed by atoms with E-state index in [-0.39, 0.29) is 12.2 Å². The number of ketones is 2. The summed E-state index contributed by atoms with van der Waals surface area (Å²) in [6.45, 7) is 4.31. The standard InChI is InChI=1S/C22H31FO5/c1-13-4-5-15-6-7-16-11-17(25)8-9-20(16,3)22(15,23)18(26)10-14(2)21(13,28)19(27)12-24/h8-9,11,13-15,18,24,26,28H,4-7,10,12H2,1-3H3. The van der Waals surface area contributed by atoms with Crippen LogP contribution in [0, 0.1) is 23.2 Å². The van der Waals surface area contributed by atoms with Crippen molar-refractivity contribution in [1.29, 1.82) is 0 Å². The molecule has 3 rings (SSSR count). The molecule has 0 amide bonds. The zero-order chi connectivity index (χ0) is 20.9. The molecular formula is C22H31FO5. The van der Waals surface area contributed by atoms with Crippen molar-refractivity contribution < 1.29 is 29.3 Å². The van der Waals surface area contributed by atoms with Gasteiger partial charge in [-0.2, -0.15) is 0 Å². The van der Waals surface area contributed by atoms with Crippen LogP contribution in [0.1, 0.15) is 52.9 Å². The second-order valence-electron chi connectivity index (χ2n) is 9.15. The Morgan fingerprint density at radius 1 is 1.25 bits per heavy atom. The summed E-state index contributed by atoms with van der Waals surface area (Å²) < 4.78 is 16.8. The van der Waals surface area contributed by atoms with Crippen LogP contribution < -0.4 is 0 Å². The Morgan fingerprint density at radius 2 is 1.93 bits per heavy atom. The van der Waals surface area contributed by atoms with E-state index in [2.05, 4.69) is 0 Å². The smallest absolute Gasteiger partial charge is 0.190 e. The molecule has 0 bridgehead atoms. The minimum Gasteiger partial charge on any atom is -0.390 e. The van der Waals surface area contributed by atoms with Crippen molar-refractivity contribution in [2.45, 2.75) is 70.2 Å². The van der Waals surface area contributed by atoms with Crippen LogP contribution in [0.4, 0.5) is 4.39 Å². The van der Waals surface area contributed by atoms with Crippen LogP contribution >= 0.6 is 0 Å². The number of rotatable bonds is 2. The number of aliphatic hydroxyl groups is 3. The molecule has 6 heteroatoms. The maximum absolute atomic E-state index is 16.8. The fourth-order valence-corrected chi connectivity index (χ4v) is 5.89. The number of fused-ring (bicyclic) bond motifs is 3. The van der Waals surface area contributed by atoms with Gasteiger partial charge in [-0.05, 0) is 68.9 Å². The molecule has 3 aliphatic carbocycles. The summed E-state index contributed by atoms with van der Waals surface area (Å²) in [6, 6.07) is 0. The largest absolute Gasteiger partial charge is 0.390 e. The molecular weight excluding hydrogens is 363 g/mol. The first-order valence-corrected chi connectivity index (χ1v) is 10.2.